The molecule has 0 aromatic rings. The molecule has 306 valence electrons. The topological polar surface area (TPSA) is 155 Å². The number of methoxy groups -OCH3 is 1. The van der Waals surface area contributed by atoms with E-state index in [4.69, 9.17) is 33.2 Å². The molecule has 2 bridgehead atoms. The zero-order chi connectivity index (χ0) is 39.1. The Morgan fingerprint density at radius 2 is 1.80 bits per heavy atom. The predicted molar refractivity (Wildman–Crippen MR) is 203 cm³/mol. The Kier molecular flexibility index (Phi) is 12.5. The first-order valence-corrected chi connectivity index (χ1v) is 20.7. The Morgan fingerprint density at radius 1 is 1.02 bits per heavy atom. The molecule has 14 atom stereocenters. The molecule has 5 aliphatic heterocycles. The van der Waals surface area contributed by atoms with E-state index in [0.29, 0.717) is 55.1 Å². The first-order chi connectivity index (χ1) is 26.4. The molecule has 12 heteroatoms. The maximum absolute atomic E-state index is 14.4. The monoisotopic (exact) mass is 769 g/mol. The van der Waals surface area contributed by atoms with Gasteiger partial charge < -0.3 is 48.6 Å². The van der Waals surface area contributed by atoms with Crippen molar-refractivity contribution in [1.29, 1.82) is 0 Å². The van der Waals surface area contributed by atoms with Gasteiger partial charge in [-0.05, 0) is 75.0 Å². The summed E-state index contributed by atoms with van der Waals surface area (Å²) in [5.74, 6) is -1.83. The Hall–Kier alpha value is -2.42. The van der Waals surface area contributed by atoms with Crippen LogP contribution in [-0.4, -0.2) is 107 Å². The number of hydrogen-bond donors (Lipinski definition) is 3. The minimum absolute atomic E-state index is 0.0359. The number of aliphatic hydroxyl groups is 2. The molecule has 0 radical (unpaired) electrons. The van der Waals surface area contributed by atoms with Crippen LogP contribution in [0.3, 0.4) is 0 Å². The third kappa shape index (κ3) is 8.17. The first-order valence-electron chi connectivity index (χ1n) is 20.7. The van der Waals surface area contributed by atoms with E-state index >= 15 is 0 Å². The highest BCUT2D eigenvalue weighted by Crippen LogP contribution is 2.48. The van der Waals surface area contributed by atoms with Gasteiger partial charge in [0.05, 0.1) is 37.1 Å². The van der Waals surface area contributed by atoms with Gasteiger partial charge in [-0.25, -0.2) is 0 Å². The van der Waals surface area contributed by atoms with Crippen LogP contribution in [0.2, 0.25) is 0 Å². The van der Waals surface area contributed by atoms with E-state index in [2.05, 4.69) is 32.0 Å². The molecule has 5 heterocycles. The Morgan fingerprint density at radius 3 is 2.55 bits per heavy atom. The van der Waals surface area contributed by atoms with E-state index in [1.54, 1.807) is 26.2 Å². The fraction of sp³-hybridized carbons (Fsp3) is 0.767. The van der Waals surface area contributed by atoms with Crippen molar-refractivity contribution in [3.63, 3.8) is 0 Å². The summed E-state index contributed by atoms with van der Waals surface area (Å²) in [5.41, 5.74) is 0.362. The molecule has 12 nitrogen and oxygen atoms in total. The second-order valence-electron chi connectivity index (χ2n) is 17.4. The molecule has 2 unspecified atom stereocenters. The molecule has 1 saturated carbocycles. The van der Waals surface area contributed by atoms with Gasteiger partial charge in [-0.3, -0.25) is 4.79 Å². The molecule has 7 rings (SSSR count). The Balaban J connectivity index is 1.25. The lowest BCUT2D eigenvalue weighted by atomic mass is 9.71. The van der Waals surface area contributed by atoms with Crippen LogP contribution in [-0.2, 0) is 38.0 Å². The predicted octanol–water partition coefficient (Wildman–Crippen LogP) is 6.07. The largest absolute Gasteiger partial charge is 0.462 e. The lowest BCUT2D eigenvalue weighted by Crippen LogP contribution is -2.57. The molecular weight excluding hydrogens is 706 g/mol. The van der Waals surface area contributed by atoms with E-state index in [1.807, 2.05) is 19.1 Å². The average molecular weight is 770 g/mol. The SMILES string of the molecule is CO[C@@H]1C[C@H](O[C@@H]2/C(C)=C/C[C@@H]3C[C@@H](CC4(CC[C@H](C)[C@@H](C5CCCCC5)O4)O3)OC(=O)[C@@H]3C=C(C)/C(=N\O)[C@H]4OC/C(=C\C=C\[C@@H]2C)[C@]43O)OC(C)[C@@H]1O. The van der Waals surface area contributed by atoms with Crippen LogP contribution >= 0.6 is 0 Å². The number of carbonyl (C=O) groups is 1. The highest BCUT2D eigenvalue weighted by atomic mass is 16.7. The highest BCUT2D eigenvalue weighted by Gasteiger charge is 2.60. The lowest BCUT2D eigenvalue weighted by molar-refractivity contribution is -0.342. The van der Waals surface area contributed by atoms with Gasteiger partial charge in [-0.15, -0.1) is 0 Å². The summed E-state index contributed by atoms with van der Waals surface area (Å²) in [6.07, 6.45) is 14.4. The molecule has 1 spiro atoms. The number of esters is 1. The summed E-state index contributed by atoms with van der Waals surface area (Å²) >= 11 is 0. The smallest absolute Gasteiger partial charge is 0.316 e. The summed E-state index contributed by atoms with van der Waals surface area (Å²) in [5, 5.41) is 36.7. The molecule has 4 saturated heterocycles. The zero-order valence-electron chi connectivity index (χ0n) is 33.4. The lowest BCUT2D eigenvalue weighted by Gasteiger charge is -2.51. The van der Waals surface area contributed by atoms with Gasteiger partial charge in [-0.1, -0.05) is 68.6 Å². The van der Waals surface area contributed by atoms with Crippen molar-refractivity contribution in [3.8, 4) is 0 Å². The van der Waals surface area contributed by atoms with Gasteiger partial charge in [0.15, 0.2) is 12.1 Å². The zero-order valence-corrected chi connectivity index (χ0v) is 33.4. The van der Waals surface area contributed by atoms with E-state index in [-0.39, 0.29) is 30.4 Å². The minimum Gasteiger partial charge on any atom is -0.462 e. The fourth-order valence-electron chi connectivity index (χ4n) is 10.4. The standard InChI is InChI=1S/C43H63NO11/c1-24-11-10-14-30-23-50-40-36(44-48)27(4)19-33(43(30,40)47)41(46)52-32-20-31(16-15-25(2)38(24)53-35-21-34(49-6)37(45)28(5)51-35)54-42(22-32)18-17-26(3)39(55-42)29-12-8-7-9-13-29/h10-11,14-15,19,24,26,28-29,31-35,37-40,45,47-48H,7-9,12-13,16-18,20-23H2,1-6H3/b11-10+,25-15+,30-14+,44-36+/t24-,26-,28?,31+,32-,33-,34+,35-,37-,38-,39-,40+,42?,43+/m0/s1. The van der Waals surface area contributed by atoms with Crippen molar-refractivity contribution < 1.29 is 53.4 Å². The van der Waals surface area contributed by atoms with E-state index in [0.717, 1.165) is 24.8 Å². The van der Waals surface area contributed by atoms with Gasteiger partial charge in [0, 0.05) is 38.7 Å². The van der Waals surface area contributed by atoms with Crippen molar-refractivity contribution in [2.24, 2.45) is 28.8 Å². The number of allylic oxidation sites excluding steroid dienone is 2. The second kappa shape index (κ2) is 16.8. The summed E-state index contributed by atoms with van der Waals surface area (Å²) in [7, 11) is 1.59. The molecule has 0 amide bonds. The summed E-state index contributed by atoms with van der Waals surface area (Å²) in [6, 6.07) is 0. The van der Waals surface area contributed by atoms with Crippen LogP contribution in [0, 0.1) is 23.7 Å². The fourth-order valence-corrected chi connectivity index (χ4v) is 10.4. The first kappa shape index (κ1) is 40.8. The molecule has 2 aliphatic carbocycles. The number of nitrogens with zero attached hydrogens (tertiary/aromatic N) is 1. The third-order valence-corrected chi connectivity index (χ3v) is 13.6. The van der Waals surface area contributed by atoms with E-state index in [9.17, 15) is 20.2 Å². The Labute approximate surface area is 325 Å². The highest BCUT2D eigenvalue weighted by molar-refractivity contribution is 6.06. The van der Waals surface area contributed by atoms with Gasteiger partial charge in [-0.2, -0.15) is 0 Å². The van der Waals surface area contributed by atoms with Gasteiger partial charge in [0.25, 0.3) is 0 Å². The molecule has 7 aliphatic rings. The Bertz CT molecular complexity index is 1550. The minimum atomic E-state index is -1.83. The number of rotatable bonds is 4. The van der Waals surface area contributed by atoms with Crippen LogP contribution in [0.1, 0.15) is 105 Å². The van der Waals surface area contributed by atoms with Crippen molar-refractivity contribution >= 4 is 11.7 Å². The number of ether oxygens (including phenoxy) is 7. The van der Waals surface area contributed by atoms with Crippen LogP contribution in [0.4, 0.5) is 0 Å². The molecule has 0 aromatic carbocycles. The van der Waals surface area contributed by atoms with Crippen LogP contribution < -0.4 is 0 Å². The molecule has 0 aromatic heterocycles. The third-order valence-electron chi connectivity index (χ3n) is 13.6. The van der Waals surface area contributed by atoms with E-state index < -0.39 is 66.2 Å². The second-order valence-corrected chi connectivity index (χ2v) is 17.4. The van der Waals surface area contributed by atoms with Crippen LogP contribution in [0.15, 0.2) is 52.3 Å². The summed E-state index contributed by atoms with van der Waals surface area (Å²) in [6.45, 7) is 10.0. The van der Waals surface area contributed by atoms with Gasteiger partial charge in [0.2, 0.25) is 0 Å². The van der Waals surface area contributed by atoms with Crippen molar-refractivity contribution in [2.75, 3.05) is 13.7 Å². The number of carbonyl (C=O) groups excluding carboxylic acids is 1. The number of fused-ring (bicyclic) bond motifs is 2. The summed E-state index contributed by atoms with van der Waals surface area (Å²) in [4.78, 5) is 14.4. The number of aliphatic hydroxyl groups excluding tert-OH is 1. The maximum atomic E-state index is 14.4. The molecule has 3 N–H and O–H groups in total. The molecular formula is C43H63NO11. The van der Waals surface area contributed by atoms with E-state index in [1.165, 1.54) is 19.3 Å². The van der Waals surface area contributed by atoms with Crippen LogP contribution in [0.5, 0.6) is 0 Å². The van der Waals surface area contributed by atoms with Crippen LogP contribution in [0.25, 0.3) is 0 Å². The van der Waals surface area contributed by atoms with Crippen molar-refractivity contribution in [3.05, 3.63) is 47.1 Å². The van der Waals surface area contributed by atoms with Crippen molar-refractivity contribution in [2.45, 2.75) is 172 Å². The number of hydrogen-bond acceptors (Lipinski definition) is 12. The average Bonchev–Trinajstić information content (AvgIpc) is 3.50. The van der Waals surface area contributed by atoms with Gasteiger partial charge in [0.1, 0.15) is 35.5 Å². The molecule has 5 fully saturated rings. The number of oxime groups is 1. The maximum Gasteiger partial charge on any atom is 0.316 e. The quantitative estimate of drug-likeness (QED) is 0.132. The van der Waals surface area contributed by atoms with Crippen molar-refractivity contribution in [1.82, 2.24) is 0 Å². The van der Waals surface area contributed by atoms with Gasteiger partial charge >= 0.3 is 5.97 Å². The summed E-state index contributed by atoms with van der Waals surface area (Å²) < 4.78 is 45.1. The normalized spacial score (nSPS) is 47.9. The molecule has 55 heavy (non-hydrogen) atoms.